The van der Waals surface area contributed by atoms with E-state index in [4.69, 9.17) is 4.74 Å². The molecule has 60 heavy (non-hydrogen) atoms. The molecule has 358 valence electrons. The van der Waals surface area contributed by atoms with Crippen molar-refractivity contribution in [1.82, 2.24) is 5.32 Å². The van der Waals surface area contributed by atoms with Crippen molar-refractivity contribution in [2.45, 2.75) is 328 Å². The molecule has 6 nitrogen and oxygen atoms in total. The number of hydrogen-bond donors (Lipinski definition) is 3. The molecule has 3 atom stereocenters. The number of ether oxygens (including phenoxy) is 1. The van der Waals surface area contributed by atoms with Crippen LogP contribution in [-0.2, 0) is 14.3 Å². The molecule has 0 fully saturated rings. The summed E-state index contributed by atoms with van der Waals surface area (Å²) in [6.45, 7) is 6.51. The Morgan fingerprint density at radius 2 is 0.700 bits per heavy atom. The van der Waals surface area contributed by atoms with Crippen molar-refractivity contribution in [2.75, 3.05) is 6.61 Å². The van der Waals surface area contributed by atoms with Gasteiger partial charge in [0.25, 0.3) is 0 Å². The van der Waals surface area contributed by atoms with Crippen LogP contribution in [0.25, 0.3) is 0 Å². The van der Waals surface area contributed by atoms with Gasteiger partial charge in [0.2, 0.25) is 5.91 Å². The van der Waals surface area contributed by atoms with E-state index in [-0.39, 0.29) is 24.9 Å². The van der Waals surface area contributed by atoms with Gasteiger partial charge < -0.3 is 20.3 Å². The summed E-state index contributed by atoms with van der Waals surface area (Å²) in [4.78, 5) is 26.1. The van der Waals surface area contributed by atoms with E-state index in [1.54, 1.807) is 0 Å². The lowest BCUT2D eigenvalue weighted by atomic mass is 10.0. The fourth-order valence-corrected chi connectivity index (χ4v) is 8.79. The third-order valence-electron chi connectivity index (χ3n) is 12.9. The number of amides is 1. The van der Waals surface area contributed by atoms with Crippen LogP contribution in [0.4, 0.5) is 0 Å². The summed E-state index contributed by atoms with van der Waals surface area (Å²) in [5.74, 6) is -0.451. The number of rotatable bonds is 50. The van der Waals surface area contributed by atoms with Gasteiger partial charge in [0.1, 0.15) is 6.10 Å². The van der Waals surface area contributed by atoms with Gasteiger partial charge in [-0.1, -0.05) is 271 Å². The molecule has 0 aliphatic carbocycles. The smallest absolute Gasteiger partial charge is 0.306 e. The molecule has 3 unspecified atom stereocenters. The molecule has 0 saturated carbocycles. The Labute approximate surface area is 375 Å². The van der Waals surface area contributed by atoms with Crippen molar-refractivity contribution in [2.24, 2.45) is 0 Å². The lowest BCUT2D eigenvalue weighted by Gasteiger charge is -2.24. The number of hydrogen-bond acceptors (Lipinski definition) is 5. The number of aliphatic hydroxyl groups is 2. The summed E-state index contributed by atoms with van der Waals surface area (Å²) in [7, 11) is 0. The fourth-order valence-electron chi connectivity index (χ4n) is 8.79. The Hall–Kier alpha value is -1.14. The first-order valence-corrected chi connectivity index (χ1v) is 27.3. The van der Waals surface area contributed by atoms with Gasteiger partial charge in [0, 0.05) is 6.42 Å². The summed E-state index contributed by atoms with van der Waals surface area (Å²) in [6, 6.07) is -0.692. The van der Waals surface area contributed by atoms with Gasteiger partial charge in [-0.25, -0.2) is 0 Å². The lowest BCUT2D eigenvalue weighted by Crippen LogP contribution is -2.46. The highest BCUT2D eigenvalue weighted by Gasteiger charge is 2.24. The third kappa shape index (κ3) is 43.5. The molecule has 0 aromatic rings. The predicted molar refractivity (Wildman–Crippen MR) is 260 cm³/mol. The highest BCUT2D eigenvalue weighted by atomic mass is 16.5. The molecule has 0 bridgehead atoms. The molecular formula is C54H107NO5. The molecule has 0 heterocycles. The summed E-state index contributed by atoms with van der Waals surface area (Å²) in [5, 5.41) is 23.8. The molecule has 0 aliphatic heterocycles. The minimum Gasteiger partial charge on any atom is -0.462 e. The van der Waals surface area contributed by atoms with Crippen LogP contribution in [0.2, 0.25) is 0 Å². The topological polar surface area (TPSA) is 95.9 Å². The molecule has 0 radical (unpaired) electrons. The second-order valence-electron chi connectivity index (χ2n) is 19.0. The summed E-state index contributed by atoms with van der Waals surface area (Å²) in [6.07, 6.45) is 53.1. The Morgan fingerprint density at radius 3 is 1.02 bits per heavy atom. The molecule has 0 aromatic heterocycles. The van der Waals surface area contributed by atoms with Crippen LogP contribution in [0.1, 0.15) is 310 Å². The molecule has 3 N–H and O–H groups in total. The zero-order chi connectivity index (χ0) is 43.8. The van der Waals surface area contributed by atoms with Crippen molar-refractivity contribution < 1.29 is 24.5 Å². The zero-order valence-corrected chi connectivity index (χ0v) is 40.9. The Morgan fingerprint density at radius 1 is 0.417 bits per heavy atom. The normalized spacial score (nSPS) is 13.1. The van der Waals surface area contributed by atoms with E-state index in [0.29, 0.717) is 19.3 Å². The molecule has 6 heteroatoms. The average molecular weight is 850 g/mol. The maximum absolute atomic E-state index is 13.2. The van der Waals surface area contributed by atoms with E-state index in [1.807, 2.05) is 0 Å². The number of carbonyl (C=O) groups is 2. The number of esters is 1. The molecule has 0 aliphatic rings. The second kappa shape index (κ2) is 48.9. The minimum absolute atomic E-state index is 0.0879. The standard InChI is InChI=1S/C54H107NO5/c1-4-7-10-13-16-19-22-24-26-28-30-32-34-37-40-43-46-52(57)51(49-56)55-53(58)48-50(60-54(59)47-44-41-38-35-21-18-15-12-9-6-3)45-42-39-36-33-31-29-27-25-23-20-17-14-11-8-5-2/h50-52,56-57H,4-49H2,1-3H3,(H,55,58). The Balaban J connectivity index is 4.45. The van der Waals surface area contributed by atoms with Crippen LogP contribution in [0.15, 0.2) is 0 Å². The van der Waals surface area contributed by atoms with Crippen LogP contribution in [0.5, 0.6) is 0 Å². The van der Waals surface area contributed by atoms with Crippen molar-refractivity contribution in [3.8, 4) is 0 Å². The first-order chi connectivity index (χ1) is 29.5. The van der Waals surface area contributed by atoms with Gasteiger partial charge in [0.05, 0.1) is 25.2 Å². The van der Waals surface area contributed by atoms with Gasteiger partial charge in [-0.05, 0) is 25.7 Å². The SMILES string of the molecule is CCCCCCCCCCCCCCCCCCC(O)C(CO)NC(=O)CC(CCCCCCCCCCCCCCCCC)OC(=O)CCCCCCCCCCCC. The second-order valence-corrected chi connectivity index (χ2v) is 19.0. The van der Waals surface area contributed by atoms with Crippen LogP contribution >= 0.6 is 0 Å². The van der Waals surface area contributed by atoms with E-state index in [2.05, 4.69) is 26.1 Å². The zero-order valence-electron chi connectivity index (χ0n) is 40.9. The molecular weight excluding hydrogens is 743 g/mol. The molecule has 0 spiro atoms. The van der Waals surface area contributed by atoms with E-state index >= 15 is 0 Å². The minimum atomic E-state index is -0.779. The first kappa shape index (κ1) is 58.9. The predicted octanol–water partition coefficient (Wildman–Crippen LogP) is 16.4. The van der Waals surface area contributed by atoms with Crippen molar-refractivity contribution in [1.29, 1.82) is 0 Å². The monoisotopic (exact) mass is 850 g/mol. The summed E-state index contributed by atoms with van der Waals surface area (Å²) >= 11 is 0. The first-order valence-electron chi connectivity index (χ1n) is 27.3. The quantitative estimate of drug-likeness (QED) is 0.0419. The highest BCUT2D eigenvalue weighted by molar-refractivity contribution is 5.77. The van der Waals surface area contributed by atoms with Gasteiger partial charge in [-0.2, -0.15) is 0 Å². The van der Waals surface area contributed by atoms with E-state index < -0.39 is 18.2 Å². The Bertz CT molecular complexity index is 867. The van der Waals surface area contributed by atoms with E-state index in [9.17, 15) is 19.8 Å². The van der Waals surface area contributed by atoms with Crippen LogP contribution < -0.4 is 5.32 Å². The lowest BCUT2D eigenvalue weighted by molar-refractivity contribution is -0.151. The van der Waals surface area contributed by atoms with Crippen LogP contribution in [0.3, 0.4) is 0 Å². The molecule has 0 aromatic carbocycles. The molecule has 1 amide bonds. The van der Waals surface area contributed by atoms with Crippen molar-refractivity contribution >= 4 is 11.9 Å². The Kier molecular flexibility index (Phi) is 48.0. The van der Waals surface area contributed by atoms with E-state index in [0.717, 1.165) is 44.9 Å². The maximum Gasteiger partial charge on any atom is 0.306 e. The van der Waals surface area contributed by atoms with Crippen LogP contribution in [0, 0.1) is 0 Å². The van der Waals surface area contributed by atoms with Gasteiger partial charge in [-0.3, -0.25) is 9.59 Å². The molecule has 0 saturated heterocycles. The maximum atomic E-state index is 13.2. The number of aliphatic hydroxyl groups excluding tert-OH is 2. The van der Waals surface area contributed by atoms with Crippen molar-refractivity contribution in [3.63, 3.8) is 0 Å². The summed E-state index contributed by atoms with van der Waals surface area (Å²) in [5.41, 5.74) is 0. The van der Waals surface area contributed by atoms with Gasteiger partial charge >= 0.3 is 5.97 Å². The highest BCUT2D eigenvalue weighted by Crippen LogP contribution is 2.19. The van der Waals surface area contributed by atoms with Crippen LogP contribution in [-0.4, -0.2) is 46.9 Å². The number of unbranched alkanes of at least 4 members (excludes halogenated alkanes) is 38. The number of nitrogens with one attached hydrogen (secondary N) is 1. The molecule has 0 rings (SSSR count). The number of carbonyl (C=O) groups excluding carboxylic acids is 2. The van der Waals surface area contributed by atoms with E-state index in [1.165, 1.54) is 218 Å². The largest absolute Gasteiger partial charge is 0.462 e. The van der Waals surface area contributed by atoms with Gasteiger partial charge in [0.15, 0.2) is 0 Å². The van der Waals surface area contributed by atoms with Crippen molar-refractivity contribution in [3.05, 3.63) is 0 Å². The fraction of sp³-hybridized carbons (Fsp3) is 0.963. The third-order valence-corrected chi connectivity index (χ3v) is 12.9. The summed E-state index contributed by atoms with van der Waals surface area (Å²) < 4.78 is 5.94. The average Bonchev–Trinajstić information content (AvgIpc) is 3.24. The van der Waals surface area contributed by atoms with Gasteiger partial charge in [-0.15, -0.1) is 0 Å².